The third-order valence-electron chi connectivity index (χ3n) is 2.42. The number of hydrogen-bond donors (Lipinski definition) is 0. The third kappa shape index (κ3) is 2.51. The Labute approximate surface area is 69.4 Å². The van der Waals surface area contributed by atoms with Gasteiger partial charge in [-0.25, -0.2) is 0 Å². The van der Waals surface area contributed by atoms with Crippen molar-refractivity contribution >= 4 is 11.8 Å². The summed E-state index contributed by atoms with van der Waals surface area (Å²) in [4.78, 5) is 0. The lowest BCUT2D eigenvalue weighted by molar-refractivity contribution is -0.911. The average molecular weight is 162 g/mol. The van der Waals surface area contributed by atoms with E-state index in [1.807, 2.05) is 11.8 Å². The zero-order valence-corrected chi connectivity index (χ0v) is 8.50. The Morgan fingerprint density at radius 2 is 1.40 bits per heavy atom. The molecule has 10 heavy (non-hydrogen) atoms. The highest BCUT2D eigenvalue weighted by atomic mass is 32.2. The van der Waals surface area contributed by atoms with E-state index < -0.39 is 0 Å². The molecule has 0 N–H and O–H groups in total. The molecule has 0 aromatic heterocycles. The minimum atomic E-state index is 1.27. The first-order valence-electron chi connectivity index (χ1n) is 4.08. The summed E-state index contributed by atoms with van der Waals surface area (Å²) in [5, 5.41) is 0. The van der Waals surface area contributed by atoms with Gasteiger partial charge in [-0.05, 0) is 27.0 Å². The average Bonchev–Trinajstić information content (AvgIpc) is 2.01. The van der Waals surface area contributed by atoms with E-state index in [1.165, 1.54) is 30.0 Å². The van der Waals surface area contributed by atoms with Crippen molar-refractivity contribution in [3.05, 3.63) is 0 Å². The van der Waals surface area contributed by atoms with Gasteiger partial charge in [0.05, 0.1) is 19.6 Å². The number of quaternary nitrogens is 1. The van der Waals surface area contributed by atoms with E-state index in [-0.39, 0.29) is 0 Å². The molecule has 0 radical (unpaired) electrons. The van der Waals surface area contributed by atoms with Crippen molar-refractivity contribution < 1.29 is 4.48 Å². The first-order valence-corrected chi connectivity index (χ1v) is 5.48. The molecule has 0 aliphatic carbocycles. The molecule has 0 aliphatic rings. The zero-order valence-electron chi connectivity index (χ0n) is 7.68. The maximum Gasteiger partial charge on any atom is 0.125 e. The number of rotatable bonds is 5. The minimum absolute atomic E-state index is 1.27. The fraction of sp³-hybridized carbons (Fsp3) is 1.00. The van der Waals surface area contributed by atoms with Crippen LogP contribution in [0.5, 0.6) is 0 Å². The number of nitrogens with zero attached hydrogens (tertiary/aromatic N) is 1. The van der Waals surface area contributed by atoms with Crippen LogP contribution in [0.2, 0.25) is 0 Å². The molecular weight excluding hydrogens is 142 g/mol. The van der Waals surface area contributed by atoms with Crippen LogP contribution in [-0.4, -0.2) is 36.2 Å². The molecule has 0 saturated heterocycles. The van der Waals surface area contributed by atoms with Crippen LogP contribution in [0, 0.1) is 0 Å². The highest BCUT2D eigenvalue weighted by Crippen LogP contribution is 2.10. The second-order valence-corrected chi connectivity index (χ2v) is 3.54. The van der Waals surface area contributed by atoms with Crippen molar-refractivity contribution in [2.45, 2.75) is 20.8 Å². The van der Waals surface area contributed by atoms with E-state index in [0.29, 0.717) is 0 Å². The van der Waals surface area contributed by atoms with E-state index >= 15 is 0 Å². The first kappa shape index (κ1) is 10.3. The summed E-state index contributed by atoms with van der Waals surface area (Å²) >= 11 is 1.95. The van der Waals surface area contributed by atoms with Gasteiger partial charge in [-0.15, -0.1) is 11.8 Å². The summed E-state index contributed by atoms with van der Waals surface area (Å²) in [6, 6.07) is 0. The first-order chi connectivity index (χ1) is 4.74. The summed E-state index contributed by atoms with van der Waals surface area (Å²) in [6.45, 7) is 10.7. The molecule has 0 unspecified atom stereocenters. The Morgan fingerprint density at radius 3 is 1.50 bits per heavy atom. The van der Waals surface area contributed by atoms with Crippen molar-refractivity contribution in [3.8, 4) is 0 Å². The Hall–Kier alpha value is 0.310. The van der Waals surface area contributed by atoms with Crippen molar-refractivity contribution in [1.82, 2.24) is 0 Å². The van der Waals surface area contributed by atoms with Crippen LogP contribution in [0.1, 0.15) is 20.8 Å². The maximum absolute atomic E-state index is 2.28. The van der Waals surface area contributed by atoms with Gasteiger partial charge in [0.25, 0.3) is 0 Å². The molecule has 0 aromatic carbocycles. The molecule has 0 atom stereocenters. The lowest BCUT2D eigenvalue weighted by atomic mass is 10.4. The number of thioether (sulfide) groups is 1. The Kier molecular flexibility index (Phi) is 5.18. The van der Waals surface area contributed by atoms with Gasteiger partial charge >= 0.3 is 0 Å². The third-order valence-corrected chi connectivity index (χ3v) is 3.22. The highest BCUT2D eigenvalue weighted by Gasteiger charge is 2.18. The molecule has 2 heteroatoms. The molecule has 0 aliphatic heterocycles. The van der Waals surface area contributed by atoms with E-state index in [4.69, 9.17) is 0 Å². The van der Waals surface area contributed by atoms with Crippen LogP contribution >= 0.6 is 11.8 Å². The lowest BCUT2D eigenvalue weighted by Crippen LogP contribution is -2.46. The van der Waals surface area contributed by atoms with Crippen molar-refractivity contribution in [2.75, 3.05) is 31.8 Å². The lowest BCUT2D eigenvalue weighted by Gasteiger charge is -2.34. The SMILES string of the molecule is CC[N+](CC)(CC)CSC. The standard InChI is InChI=1S/C8H20NS/c1-5-9(6-2,7-3)8-10-4/h5-8H2,1-4H3/q+1. The summed E-state index contributed by atoms with van der Waals surface area (Å²) in [5.74, 6) is 1.27. The topological polar surface area (TPSA) is 0 Å². The van der Waals surface area contributed by atoms with Gasteiger partial charge in [0.2, 0.25) is 0 Å². The van der Waals surface area contributed by atoms with Gasteiger partial charge in [-0.1, -0.05) is 0 Å². The summed E-state index contributed by atoms with van der Waals surface area (Å²) < 4.78 is 1.27. The molecule has 0 aromatic rings. The van der Waals surface area contributed by atoms with E-state index in [9.17, 15) is 0 Å². The maximum atomic E-state index is 2.28. The zero-order chi connectivity index (χ0) is 8.04. The normalized spacial score (nSPS) is 12.0. The predicted octanol–water partition coefficient (Wildman–Crippen LogP) is 2.18. The minimum Gasteiger partial charge on any atom is -0.316 e. The Bertz CT molecular complexity index is 71.1. The monoisotopic (exact) mass is 162 g/mol. The molecule has 0 heterocycles. The van der Waals surface area contributed by atoms with Crippen molar-refractivity contribution in [3.63, 3.8) is 0 Å². The molecule has 0 rings (SSSR count). The Balaban J connectivity index is 3.87. The van der Waals surface area contributed by atoms with Crippen LogP contribution in [0.25, 0.3) is 0 Å². The van der Waals surface area contributed by atoms with Crippen LogP contribution < -0.4 is 0 Å². The van der Waals surface area contributed by atoms with Gasteiger partial charge < -0.3 is 4.48 Å². The van der Waals surface area contributed by atoms with E-state index in [0.717, 1.165) is 0 Å². The molecule has 0 spiro atoms. The fourth-order valence-corrected chi connectivity index (χ4v) is 2.31. The molecule has 0 amide bonds. The van der Waals surface area contributed by atoms with Gasteiger partial charge in [0, 0.05) is 0 Å². The van der Waals surface area contributed by atoms with Gasteiger partial charge in [0.15, 0.2) is 0 Å². The molecule has 62 valence electrons. The predicted molar refractivity (Wildman–Crippen MR) is 50.3 cm³/mol. The second-order valence-electron chi connectivity index (χ2n) is 2.71. The fourth-order valence-electron chi connectivity index (χ4n) is 1.22. The summed E-state index contributed by atoms with van der Waals surface area (Å²) in [7, 11) is 0. The second kappa shape index (κ2) is 5.03. The largest absolute Gasteiger partial charge is 0.316 e. The van der Waals surface area contributed by atoms with Crippen LogP contribution in [0.4, 0.5) is 0 Å². The van der Waals surface area contributed by atoms with Crippen LogP contribution in [0.3, 0.4) is 0 Å². The smallest absolute Gasteiger partial charge is 0.125 e. The summed E-state index contributed by atoms with van der Waals surface area (Å²) in [6.07, 6.45) is 2.19. The summed E-state index contributed by atoms with van der Waals surface area (Å²) in [5.41, 5.74) is 0. The molecule has 0 bridgehead atoms. The number of hydrogen-bond acceptors (Lipinski definition) is 1. The van der Waals surface area contributed by atoms with Gasteiger partial charge in [0.1, 0.15) is 5.88 Å². The van der Waals surface area contributed by atoms with Gasteiger partial charge in [-0.2, -0.15) is 0 Å². The van der Waals surface area contributed by atoms with E-state index in [2.05, 4.69) is 27.0 Å². The van der Waals surface area contributed by atoms with Crippen molar-refractivity contribution in [2.24, 2.45) is 0 Å². The molecular formula is C8H20NS+. The molecule has 0 saturated carbocycles. The van der Waals surface area contributed by atoms with Crippen molar-refractivity contribution in [1.29, 1.82) is 0 Å². The molecule has 0 fully saturated rings. The van der Waals surface area contributed by atoms with Gasteiger partial charge in [-0.3, -0.25) is 0 Å². The molecule has 1 nitrogen and oxygen atoms in total. The van der Waals surface area contributed by atoms with E-state index in [1.54, 1.807) is 0 Å². The van der Waals surface area contributed by atoms with Crippen LogP contribution in [-0.2, 0) is 0 Å². The van der Waals surface area contributed by atoms with Crippen LogP contribution in [0.15, 0.2) is 0 Å². The highest BCUT2D eigenvalue weighted by molar-refractivity contribution is 7.98. The quantitative estimate of drug-likeness (QED) is 0.441. The Morgan fingerprint density at radius 1 is 1.00 bits per heavy atom.